The van der Waals surface area contributed by atoms with Crippen molar-refractivity contribution >= 4 is 5.97 Å². The molecule has 0 spiro atoms. The Hall–Kier alpha value is -2.78. The number of piperidine rings is 1. The minimum Gasteiger partial charge on any atom is -0.493 e. The lowest BCUT2D eigenvalue weighted by Gasteiger charge is -2.46. The van der Waals surface area contributed by atoms with Crippen LogP contribution in [0.2, 0.25) is 0 Å². The van der Waals surface area contributed by atoms with Gasteiger partial charge in [-0.3, -0.25) is 14.6 Å². The lowest BCUT2D eigenvalue weighted by Crippen LogP contribution is -2.52. The highest BCUT2D eigenvalue weighted by Gasteiger charge is 2.37. The Labute approximate surface area is 216 Å². The Balaban J connectivity index is 1.51. The van der Waals surface area contributed by atoms with Gasteiger partial charge in [-0.25, -0.2) is 0 Å². The second-order valence-electron chi connectivity index (χ2n) is 9.82. The lowest BCUT2D eigenvalue weighted by atomic mass is 9.85. The summed E-state index contributed by atoms with van der Waals surface area (Å²) in [7, 11) is 4.64. The van der Waals surface area contributed by atoms with Gasteiger partial charge in [0.25, 0.3) is 0 Å². The van der Waals surface area contributed by atoms with E-state index in [0.29, 0.717) is 31.7 Å². The fourth-order valence-corrected chi connectivity index (χ4v) is 5.77. The van der Waals surface area contributed by atoms with Gasteiger partial charge >= 0.3 is 12.1 Å². The molecule has 6 nitrogen and oxygen atoms in total. The second-order valence-corrected chi connectivity index (χ2v) is 9.82. The Morgan fingerprint density at radius 3 is 2.41 bits per heavy atom. The summed E-state index contributed by atoms with van der Waals surface area (Å²) in [5, 5.41) is 0. The minimum absolute atomic E-state index is 0.132. The van der Waals surface area contributed by atoms with E-state index in [9.17, 15) is 18.0 Å². The average molecular weight is 521 g/mol. The van der Waals surface area contributed by atoms with Crippen molar-refractivity contribution in [3.8, 4) is 11.5 Å². The molecule has 0 N–H and O–H groups in total. The Kier molecular flexibility index (Phi) is 8.64. The number of nitrogens with zero attached hydrogens (tertiary/aromatic N) is 2. The van der Waals surface area contributed by atoms with Crippen LogP contribution in [-0.2, 0) is 35.2 Å². The molecule has 2 aliphatic rings. The third kappa shape index (κ3) is 6.38. The van der Waals surface area contributed by atoms with Gasteiger partial charge in [0.1, 0.15) is 0 Å². The molecule has 0 aromatic heterocycles. The highest BCUT2D eigenvalue weighted by Crippen LogP contribution is 2.37. The predicted octanol–water partition coefficient (Wildman–Crippen LogP) is 4.92. The van der Waals surface area contributed by atoms with E-state index in [2.05, 4.69) is 9.80 Å². The van der Waals surface area contributed by atoms with E-state index in [4.69, 9.17) is 14.2 Å². The summed E-state index contributed by atoms with van der Waals surface area (Å²) < 4.78 is 56.5. The van der Waals surface area contributed by atoms with Crippen LogP contribution in [0.25, 0.3) is 0 Å². The Morgan fingerprint density at radius 1 is 1.03 bits per heavy atom. The molecule has 1 fully saturated rings. The number of rotatable bonds is 8. The van der Waals surface area contributed by atoms with Gasteiger partial charge in [0.15, 0.2) is 11.5 Å². The molecule has 1 saturated heterocycles. The summed E-state index contributed by atoms with van der Waals surface area (Å²) in [5.74, 6) is 1.29. The molecule has 4 rings (SSSR count). The van der Waals surface area contributed by atoms with Gasteiger partial charge in [0.2, 0.25) is 0 Å². The number of hydrogen-bond donors (Lipinski definition) is 0. The van der Waals surface area contributed by atoms with Gasteiger partial charge in [-0.1, -0.05) is 18.2 Å². The first kappa shape index (κ1) is 27.3. The van der Waals surface area contributed by atoms with E-state index < -0.39 is 11.7 Å². The number of methoxy groups -OCH3 is 3. The molecular formula is C28H35F3N2O4. The Bertz CT molecular complexity index is 1090. The number of carbonyl (C=O) groups excluding carboxylic acids is 1. The average Bonchev–Trinajstić information content (AvgIpc) is 2.90. The van der Waals surface area contributed by atoms with Crippen molar-refractivity contribution in [1.29, 1.82) is 0 Å². The SMILES string of the molecule is COC(=O)CC[C@@H]1CN(Cc2ccccc2C(F)(F)F)CC[C@@H]1N1CCc2cc(OC)c(OC)cc2C1. The summed E-state index contributed by atoms with van der Waals surface area (Å²) in [4.78, 5) is 16.5. The zero-order valence-corrected chi connectivity index (χ0v) is 21.6. The van der Waals surface area contributed by atoms with Gasteiger partial charge in [-0.15, -0.1) is 0 Å². The molecule has 0 radical (unpaired) electrons. The molecule has 2 atom stereocenters. The second kappa shape index (κ2) is 11.7. The third-order valence-corrected chi connectivity index (χ3v) is 7.66. The topological polar surface area (TPSA) is 51.2 Å². The maximum Gasteiger partial charge on any atom is 0.416 e. The number of likely N-dealkylation sites (tertiary alicyclic amines) is 1. The molecular weight excluding hydrogens is 485 g/mol. The maximum atomic E-state index is 13.6. The Morgan fingerprint density at radius 2 is 1.73 bits per heavy atom. The van der Waals surface area contributed by atoms with Crippen LogP contribution < -0.4 is 9.47 Å². The highest BCUT2D eigenvalue weighted by molar-refractivity contribution is 5.69. The van der Waals surface area contributed by atoms with Gasteiger partial charge in [-0.2, -0.15) is 13.2 Å². The van der Waals surface area contributed by atoms with Crippen molar-refractivity contribution in [1.82, 2.24) is 9.80 Å². The van der Waals surface area contributed by atoms with E-state index in [1.165, 1.54) is 24.3 Å². The number of esters is 1. The third-order valence-electron chi connectivity index (χ3n) is 7.66. The van der Waals surface area contributed by atoms with E-state index in [-0.39, 0.29) is 30.0 Å². The molecule has 0 saturated carbocycles. The first-order chi connectivity index (χ1) is 17.7. The quantitative estimate of drug-likeness (QED) is 0.461. The molecule has 2 aromatic carbocycles. The van der Waals surface area contributed by atoms with E-state index >= 15 is 0 Å². The fraction of sp³-hybridized carbons (Fsp3) is 0.536. The number of carbonyl (C=O) groups is 1. The van der Waals surface area contributed by atoms with Crippen LogP contribution in [0, 0.1) is 5.92 Å². The van der Waals surface area contributed by atoms with Crippen LogP contribution in [0.15, 0.2) is 36.4 Å². The molecule has 0 aliphatic carbocycles. The van der Waals surface area contributed by atoms with E-state index in [1.807, 2.05) is 12.1 Å². The van der Waals surface area contributed by atoms with Crippen molar-refractivity contribution < 1.29 is 32.2 Å². The maximum absolute atomic E-state index is 13.6. The van der Waals surface area contributed by atoms with Crippen LogP contribution in [0.1, 0.15) is 41.5 Å². The van der Waals surface area contributed by atoms with Crippen molar-refractivity contribution in [2.24, 2.45) is 5.92 Å². The molecule has 0 bridgehead atoms. The zero-order valence-electron chi connectivity index (χ0n) is 21.6. The van der Waals surface area contributed by atoms with Crippen LogP contribution in [0.4, 0.5) is 13.2 Å². The molecule has 2 heterocycles. The number of benzene rings is 2. The highest BCUT2D eigenvalue weighted by atomic mass is 19.4. The van der Waals surface area contributed by atoms with E-state index in [0.717, 1.165) is 37.7 Å². The number of halogens is 3. The molecule has 2 aliphatic heterocycles. The number of hydrogen-bond acceptors (Lipinski definition) is 6. The standard InChI is InChI=1S/C28H35F3N2O4/c1-35-25-14-19-10-13-33(18-22(19)15-26(25)36-2)24-11-12-32(17-21(24)8-9-27(34)37-3)16-20-6-4-5-7-23(20)28(29,30)31/h4-7,14-15,21,24H,8-13,16-18H2,1-3H3/t21-,24+/m1/s1. The molecule has 2 aromatic rings. The fourth-order valence-electron chi connectivity index (χ4n) is 5.77. The van der Waals surface area contributed by atoms with Crippen molar-refractivity contribution in [2.75, 3.05) is 41.0 Å². The van der Waals surface area contributed by atoms with Crippen molar-refractivity contribution in [3.63, 3.8) is 0 Å². The molecule has 0 unspecified atom stereocenters. The lowest BCUT2D eigenvalue weighted by molar-refractivity contribution is -0.141. The van der Waals surface area contributed by atoms with Crippen LogP contribution >= 0.6 is 0 Å². The van der Waals surface area contributed by atoms with Gasteiger partial charge in [0.05, 0.1) is 26.9 Å². The largest absolute Gasteiger partial charge is 0.493 e. The van der Waals surface area contributed by atoms with Gasteiger partial charge in [-0.05, 0) is 66.6 Å². The smallest absolute Gasteiger partial charge is 0.416 e. The van der Waals surface area contributed by atoms with Crippen LogP contribution in [0.3, 0.4) is 0 Å². The molecule has 9 heteroatoms. The summed E-state index contributed by atoms with van der Waals surface area (Å²) in [6.45, 7) is 3.19. The van der Waals surface area contributed by atoms with Crippen LogP contribution in [0.5, 0.6) is 11.5 Å². The molecule has 202 valence electrons. The summed E-state index contributed by atoms with van der Waals surface area (Å²) in [6, 6.07) is 10.1. The van der Waals surface area contributed by atoms with Gasteiger partial charge in [0, 0.05) is 38.6 Å². The van der Waals surface area contributed by atoms with Gasteiger partial charge < -0.3 is 14.2 Å². The monoisotopic (exact) mass is 520 g/mol. The molecule has 37 heavy (non-hydrogen) atoms. The summed E-state index contributed by atoms with van der Waals surface area (Å²) >= 11 is 0. The first-order valence-electron chi connectivity index (χ1n) is 12.7. The number of ether oxygens (including phenoxy) is 3. The number of alkyl halides is 3. The van der Waals surface area contributed by atoms with Crippen molar-refractivity contribution in [2.45, 2.75) is 51.0 Å². The number of fused-ring (bicyclic) bond motifs is 1. The first-order valence-corrected chi connectivity index (χ1v) is 12.7. The van der Waals surface area contributed by atoms with Crippen LogP contribution in [-0.4, -0.2) is 62.8 Å². The van der Waals surface area contributed by atoms with Crippen molar-refractivity contribution in [3.05, 3.63) is 58.7 Å². The normalized spacial score (nSPS) is 20.8. The minimum atomic E-state index is -4.38. The zero-order chi connectivity index (χ0) is 26.6. The summed E-state index contributed by atoms with van der Waals surface area (Å²) in [6.07, 6.45) is -1.77. The summed E-state index contributed by atoms with van der Waals surface area (Å²) in [5.41, 5.74) is 2.13. The predicted molar refractivity (Wildman–Crippen MR) is 134 cm³/mol. The molecule has 0 amide bonds. The van der Waals surface area contributed by atoms with E-state index in [1.54, 1.807) is 26.4 Å².